The number of hydrogen-bond acceptors (Lipinski definition) is 5. The molecular formula is C17H25N3O4. The molecule has 7 heteroatoms. The first-order valence-electron chi connectivity index (χ1n) is 8.09. The van der Waals surface area contributed by atoms with Crippen LogP contribution in [0.4, 0.5) is 4.79 Å². The first-order valence-corrected chi connectivity index (χ1v) is 8.09. The average molecular weight is 335 g/mol. The van der Waals surface area contributed by atoms with E-state index in [1.165, 1.54) is 0 Å². The lowest BCUT2D eigenvalue weighted by Crippen LogP contribution is -2.46. The summed E-state index contributed by atoms with van der Waals surface area (Å²) in [7, 11) is 3.24. The van der Waals surface area contributed by atoms with Crippen LogP contribution in [0.15, 0.2) is 18.2 Å². The largest absolute Gasteiger partial charge is 0.497 e. The van der Waals surface area contributed by atoms with Crippen molar-refractivity contribution in [2.45, 2.75) is 38.3 Å². The third kappa shape index (κ3) is 4.17. The molecule has 1 aromatic carbocycles. The Bertz CT molecular complexity index is 583. The number of methoxy groups -OCH3 is 2. The van der Waals surface area contributed by atoms with Gasteiger partial charge in [-0.2, -0.15) is 0 Å². The number of carbonyl (C=O) groups excluding carboxylic acids is 2. The molecule has 1 atom stereocenters. The van der Waals surface area contributed by atoms with Crippen molar-refractivity contribution < 1.29 is 19.1 Å². The fourth-order valence-electron chi connectivity index (χ4n) is 2.85. The molecule has 1 aliphatic rings. The van der Waals surface area contributed by atoms with E-state index in [-0.39, 0.29) is 5.91 Å². The number of imide groups is 1. The Morgan fingerprint density at radius 3 is 2.29 bits per heavy atom. The monoisotopic (exact) mass is 335 g/mol. The van der Waals surface area contributed by atoms with Crippen LogP contribution in [-0.4, -0.2) is 38.2 Å². The van der Waals surface area contributed by atoms with Crippen molar-refractivity contribution in [1.29, 1.82) is 0 Å². The maximum absolute atomic E-state index is 11.9. The zero-order chi connectivity index (χ0) is 17.6. The number of amides is 3. The molecule has 1 fully saturated rings. The molecule has 0 bridgehead atoms. The molecule has 1 heterocycles. The topological polar surface area (TPSA) is 88.7 Å². The minimum Gasteiger partial charge on any atom is -0.497 e. The molecule has 3 amide bonds. The molecule has 0 aromatic heterocycles. The van der Waals surface area contributed by atoms with E-state index in [0.717, 1.165) is 30.0 Å². The molecule has 0 spiro atoms. The molecular weight excluding hydrogens is 310 g/mol. The van der Waals surface area contributed by atoms with Gasteiger partial charge in [0.05, 0.1) is 14.2 Å². The molecule has 24 heavy (non-hydrogen) atoms. The molecule has 3 N–H and O–H groups in total. The van der Waals surface area contributed by atoms with Crippen molar-refractivity contribution >= 4 is 11.9 Å². The standard InChI is InChI=1S/C17H25N3O4/c1-4-17(15(21)19-16(22)20-17)6-5-7-18-11-12-8-13(23-2)10-14(9-12)24-3/h8-10,18H,4-7,11H2,1-3H3,(H2,19,20,21,22). The van der Waals surface area contributed by atoms with Crippen LogP contribution >= 0.6 is 0 Å². The smallest absolute Gasteiger partial charge is 0.322 e. The molecule has 2 rings (SSSR count). The van der Waals surface area contributed by atoms with E-state index in [1.807, 2.05) is 25.1 Å². The van der Waals surface area contributed by atoms with Gasteiger partial charge in [0.15, 0.2) is 0 Å². The summed E-state index contributed by atoms with van der Waals surface area (Å²) in [5.74, 6) is 1.27. The highest BCUT2D eigenvalue weighted by Crippen LogP contribution is 2.23. The number of hydrogen-bond donors (Lipinski definition) is 3. The van der Waals surface area contributed by atoms with Crippen molar-refractivity contribution in [1.82, 2.24) is 16.0 Å². The van der Waals surface area contributed by atoms with Crippen LogP contribution in [0.2, 0.25) is 0 Å². The third-order valence-electron chi connectivity index (χ3n) is 4.32. The molecule has 1 saturated heterocycles. The van der Waals surface area contributed by atoms with Crippen LogP contribution < -0.4 is 25.4 Å². The van der Waals surface area contributed by atoms with Gasteiger partial charge in [-0.15, -0.1) is 0 Å². The van der Waals surface area contributed by atoms with Gasteiger partial charge in [-0.25, -0.2) is 4.79 Å². The van der Waals surface area contributed by atoms with E-state index in [1.54, 1.807) is 14.2 Å². The normalized spacial score (nSPS) is 19.8. The second-order valence-electron chi connectivity index (χ2n) is 5.85. The number of carbonyl (C=O) groups is 2. The predicted molar refractivity (Wildman–Crippen MR) is 90.2 cm³/mol. The number of nitrogens with one attached hydrogen (secondary N) is 3. The van der Waals surface area contributed by atoms with Gasteiger partial charge in [-0.1, -0.05) is 6.92 Å². The van der Waals surface area contributed by atoms with Crippen LogP contribution in [0.5, 0.6) is 11.5 Å². The molecule has 1 aromatic rings. The van der Waals surface area contributed by atoms with Gasteiger partial charge in [0.1, 0.15) is 17.0 Å². The van der Waals surface area contributed by atoms with Crippen molar-refractivity contribution in [3.63, 3.8) is 0 Å². The Labute approximate surface area is 142 Å². The van der Waals surface area contributed by atoms with E-state index in [2.05, 4.69) is 16.0 Å². The maximum atomic E-state index is 11.9. The van der Waals surface area contributed by atoms with Crippen molar-refractivity contribution in [3.8, 4) is 11.5 Å². The third-order valence-corrected chi connectivity index (χ3v) is 4.32. The van der Waals surface area contributed by atoms with Crippen molar-refractivity contribution in [2.75, 3.05) is 20.8 Å². The molecule has 1 unspecified atom stereocenters. The summed E-state index contributed by atoms with van der Waals surface area (Å²) in [6, 6.07) is 5.33. The van der Waals surface area contributed by atoms with E-state index < -0.39 is 11.6 Å². The molecule has 0 aliphatic carbocycles. The average Bonchev–Trinajstić information content (AvgIpc) is 2.88. The molecule has 132 valence electrons. The summed E-state index contributed by atoms with van der Waals surface area (Å²) in [6.07, 6.45) is 1.97. The Balaban J connectivity index is 1.81. The van der Waals surface area contributed by atoms with Gasteiger partial charge in [-0.05, 0) is 43.5 Å². The first kappa shape index (κ1) is 18.1. The second-order valence-corrected chi connectivity index (χ2v) is 5.85. The predicted octanol–water partition coefficient (Wildman–Crippen LogP) is 1.56. The molecule has 0 saturated carbocycles. The number of ether oxygens (including phenoxy) is 2. The van der Waals surface area contributed by atoms with Gasteiger partial charge < -0.3 is 20.1 Å². The first-order chi connectivity index (χ1) is 11.5. The zero-order valence-corrected chi connectivity index (χ0v) is 14.4. The van der Waals surface area contributed by atoms with Gasteiger partial charge >= 0.3 is 6.03 Å². The summed E-state index contributed by atoms with van der Waals surface area (Å²) < 4.78 is 10.5. The maximum Gasteiger partial charge on any atom is 0.322 e. The van der Waals surface area contributed by atoms with Gasteiger partial charge in [-0.3, -0.25) is 10.1 Å². The van der Waals surface area contributed by atoms with Crippen molar-refractivity contribution in [2.24, 2.45) is 0 Å². The lowest BCUT2D eigenvalue weighted by atomic mass is 9.90. The number of benzene rings is 1. The van der Waals surface area contributed by atoms with E-state index in [0.29, 0.717) is 19.4 Å². The fourth-order valence-corrected chi connectivity index (χ4v) is 2.85. The molecule has 7 nitrogen and oxygen atoms in total. The quantitative estimate of drug-likeness (QED) is 0.471. The summed E-state index contributed by atoms with van der Waals surface area (Å²) in [4.78, 5) is 23.3. The van der Waals surface area contributed by atoms with E-state index >= 15 is 0 Å². The fraction of sp³-hybridized carbons (Fsp3) is 0.529. The number of rotatable bonds is 9. The summed E-state index contributed by atoms with van der Waals surface area (Å²) in [5, 5.41) is 8.40. The van der Waals surface area contributed by atoms with Gasteiger partial charge in [0.25, 0.3) is 5.91 Å². The van der Waals surface area contributed by atoms with Gasteiger partial charge in [0, 0.05) is 12.6 Å². The van der Waals surface area contributed by atoms with Crippen LogP contribution in [-0.2, 0) is 11.3 Å². The summed E-state index contributed by atoms with van der Waals surface area (Å²) in [5.41, 5.74) is 0.293. The van der Waals surface area contributed by atoms with Crippen LogP contribution in [0.25, 0.3) is 0 Å². The number of urea groups is 1. The zero-order valence-electron chi connectivity index (χ0n) is 14.4. The SMILES string of the molecule is CCC1(CCCNCc2cc(OC)cc(OC)c2)NC(=O)NC1=O. The Morgan fingerprint density at radius 1 is 1.12 bits per heavy atom. The summed E-state index contributed by atoms with van der Waals surface area (Å²) in [6.45, 7) is 3.32. The van der Waals surface area contributed by atoms with Crippen LogP contribution in [0, 0.1) is 0 Å². The van der Waals surface area contributed by atoms with Gasteiger partial charge in [0.2, 0.25) is 0 Å². The minimum atomic E-state index is -0.766. The highest BCUT2D eigenvalue weighted by molar-refractivity contribution is 6.06. The molecule has 1 aliphatic heterocycles. The second kappa shape index (κ2) is 8.01. The lowest BCUT2D eigenvalue weighted by molar-refractivity contribution is -0.124. The summed E-state index contributed by atoms with van der Waals surface area (Å²) >= 11 is 0. The Kier molecular flexibility index (Phi) is 6.03. The van der Waals surface area contributed by atoms with Crippen molar-refractivity contribution in [3.05, 3.63) is 23.8 Å². The highest BCUT2D eigenvalue weighted by atomic mass is 16.5. The highest BCUT2D eigenvalue weighted by Gasteiger charge is 2.43. The van der Waals surface area contributed by atoms with Crippen LogP contribution in [0.1, 0.15) is 31.7 Å². The lowest BCUT2D eigenvalue weighted by Gasteiger charge is -2.24. The van der Waals surface area contributed by atoms with E-state index in [9.17, 15) is 9.59 Å². The minimum absolute atomic E-state index is 0.229. The Hall–Kier alpha value is -2.28. The Morgan fingerprint density at radius 2 is 1.79 bits per heavy atom. The molecule has 0 radical (unpaired) electrons. The van der Waals surface area contributed by atoms with E-state index in [4.69, 9.17) is 9.47 Å². The van der Waals surface area contributed by atoms with Crippen LogP contribution in [0.3, 0.4) is 0 Å².